The van der Waals surface area contributed by atoms with Gasteiger partial charge in [-0.1, -0.05) is 25.0 Å². The van der Waals surface area contributed by atoms with Crippen LogP contribution in [0.5, 0.6) is 0 Å². The van der Waals surface area contributed by atoms with Gasteiger partial charge in [-0.2, -0.15) is 0 Å². The van der Waals surface area contributed by atoms with Crippen LogP contribution in [0.15, 0.2) is 29.2 Å². The second-order valence-corrected chi connectivity index (χ2v) is 10.2. The van der Waals surface area contributed by atoms with Crippen LogP contribution in [0, 0.1) is 0 Å². The van der Waals surface area contributed by atoms with Gasteiger partial charge in [-0.25, -0.2) is 18.1 Å². The van der Waals surface area contributed by atoms with E-state index in [0.29, 0.717) is 25.9 Å². The summed E-state index contributed by atoms with van der Waals surface area (Å²) in [5, 5.41) is 10.5. The summed E-state index contributed by atoms with van der Waals surface area (Å²) in [6.07, 6.45) is 3.66. The van der Waals surface area contributed by atoms with Crippen LogP contribution in [-0.4, -0.2) is 51.9 Å². The van der Waals surface area contributed by atoms with Crippen molar-refractivity contribution in [2.45, 2.75) is 49.8 Å². The van der Waals surface area contributed by atoms with Gasteiger partial charge in [-0.3, -0.25) is 18.6 Å². The second kappa shape index (κ2) is 14.4. The Balaban J connectivity index is 2.06. The van der Waals surface area contributed by atoms with Gasteiger partial charge in [0.15, 0.2) is 0 Å². The Morgan fingerprint density at radius 2 is 1.56 bits per heavy atom. The zero-order valence-corrected chi connectivity index (χ0v) is 19.8. The van der Waals surface area contributed by atoms with Crippen molar-refractivity contribution in [2.75, 3.05) is 26.8 Å². The van der Waals surface area contributed by atoms with Crippen LogP contribution in [-0.2, 0) is 39.6 Å². The molecule has 32 heavy (non-hydrogen) atoms. The summed E-state index contributed by atoms with van der Waals surface area (Å²) in [5.74, 6) is -0.443. The number of hydrogen-bond acceptors (Lipinski definition) is 7. The summed E-state index contributed by atoms with van der Waals surface area (Å²) >= 11 is 0. The molecule has 0 aliphatic heterocycles. The van der Waals surface area contributed by atoms with Gasteiger partial charge in [-0.05, 0) is 37.0 Å². The van der Waals surface area contributed by atoms with E-state index < -0.39 is 17.8 Å². The van der Waals surface area contributed by atoms with Crippen LogP contribution in [0.2, 0.25) is 0 Å². The molecule has 0 saturated carbocycles. The van der Waals surface area contributed by atoms with Crippen LogP contribution >= 0.6 is 7.82 Å². The van der Waals surface area contributed by atoms with Gasteiger partial charge in [0.1, 0.15) is 0 Å². The summed E-state index contributed by atoms with van der Waals surface area (Å²) in [7, 11) is -6.53. The number of carbonyl (C=O) groups excluding carboxylic acids is 2. The normalized spacial score (nSPS) is 13.3. The Morgan fingerprint density at radius 1 is 1.00 bits per heavy atom. The standard InChI is InChI=1S/C19H32N3O8PS/c1-29-31(25,26)30-15-5-3-2-4-13-21-18(23)10-11-19(24)22-14-12-16-6-8-17(9-7-16)32(20,27)28/h6-9H,2-5,10-15H2,1H3,(H,21,23)(H,22,24)(H,25,26)(H2,20,27,28). The number of phosphoric acid groups is 1. The quantitative estimate of drug-likeness (QED) is 0.196. The van der Waals surface area contributed by atoms with E-state index >= 15 is 0 Å². The third-order valence-corrected chi connectivity index (χ3v) is 6.34. The molecule has 0 spiro atoms. The lowest BCUT2D eigenvalue weighted by atomic mass is 10.1. The van der Waals surface area contributed by atoms with Crippen LogP contribution in [0.1, 0.15) is 44.1 Å². The highest BCUT2D eigenvalue weighted by atomic mass is 32.2. The summed E-state index contributed by atoms with van der Waals surface area (Å²) < 4.78 is 42.5. The number of unbranched alkanes of at least 4 members (excludes halogenated alkanes) is 3. The summed E-state index contributed by atoms with van der Waals surface area (Å²) in [5.41, 5.74) is 0.853. The number of sulfonamides is 1. The van der Waals surface area contributed by atoms with Crippen molar-refractivity contribution in [2.24, 2.45) is 5.14 Å². The average molecular weight is 494 g/mol. The van der Waals surface area contributed by atoms with E-state index in [9.17, 15) is 22.6 Å². The molecule has 1 rings (SSSR count). The van der Waals surface area contributed by atoms with Crippen molar-refractivity contribution in [3.63, 3.8) is 0 Å². The highest BCUT2D eigenvalue weighted by molar-refractivity contribution is 7.89. The topological polar surface area (TPSA) is 174 Å². The monoisotopic (exact) mass is 493 g/mol. The molecule has 182 valence electrons. The Morgan fingerprint density at radius 3 is 2.12 bits per heavy atom. The SMILES string of the molecule is COP(=O)(O)OCCCCCCNC(=O)CCC(=O)NCCc1ccc(S(N)(=O)=O)cc1. The number of nitrogens with two attached hydrogens (primary N) is 1. The van der Waals surface area contributed by atoms with E-state index in [1.54, 1.807) is 12.1 Å². The van der Waals surface area contributed by atoms with Crippen LogP contribution in [0.25, 0.3) is 0 Å². The smallest absolute Gasteiger partial charge is 0.356 e. The fourth-order valence-electron chi connectivity index (χ4n) is 2.64. The third-order valence-electron chi connectivity index (χ3n) is 4.45. The molecule has 1 aromatic carbocycles. The molecule has 11 nitrogen and oxygen atoms in total. The molecule has 2 amide bonds. The number of primary sulfonamides is 1. The minimum atomic E-state index is -3.91. The van der Waals surface area contributed by atoms with Gasteiger partial charge in [0, 0.05) is 33.0 Å². The van der Waals surface area contributed by atoms with Gasteiger partial charge in [-0.15, -0.1) is 0 Å². The first-order valence-corrected chi connectivity index (χ1v) is 13.3. The van der Waals surface area contributed by atoms with Crippen molar-refractivity contribution < 1.29 is 36.5 Å². The maximum absolute atomic E-state index is 11.8. The van der Waals surface area contributed by atoms with Crippen molar-refractivity contribution in [1.82, 2.24) is 10.6 Å². The van der Waals surface area contributed by atoms with Crippen LogP contribution in [0.4, 0.5) is 0 Å². The minimum absolute atomic E-state index is 0.0330. The molecule has 1 aromatic rings. The Hall–Kier alpha value is -1.82. The Bertz CT molecular complexity index is 877. The predicted molar refractivity (Wildman–Crippen MR) is 118 cm³/mol. The maximum Gasteiger partial charge on any atom is 0.471 e. The molecule has 5 N–H and O–H groups in total. The molecule has 0 radical (unpaired) electrons. The highest BCUT2D eigenvalue weighted by Gasteiger charge is 2.17. The van der Waals surface area contributed by atoms with Gasteiger partial charge < -0.3 is 15.5 Å². The summed E-state index contributed by atoms with van der Waals surface area (Å²) in [6.45, 7) is 0.991. The first-order chi connectivity index (χ1) is 15.0. The highest BCUT2D eigenvalue weighted by Crippen LogP contribution is 2.41. The summed E-state index contributed by atoms with van der Waals surface area (Å²) in [6, 6.07) is 6.10. The van der Waals surface area contributed by atoms with E-state index in [4.69, 9.17) is 14.6 Å². The molecule has 13 heteroatoms. The predicted octanol–water partition coefficient (Wildman–Crippen LogP) is 1.21. The lowest BCUT2D eigenvalue weighted by Crippen LogP contribution is -2.29. The zero-order valence-electron chi connectivity index (χ0n) is 18.1. The molecule has 1 unspecified atom stereocenters. The molecule has 0 heterocycles. The molecule has 0 bridgehead atoms. The Kier molecular flexibility index (Phi) is 12.7. The molecule has 1 atom stereocenters. The number of hydrogen-bond donors (Lipinski definition) is 4. The van der Waals surface area contributed by atoms with E-state index in [-0.39, 0.29) is 36.2 Å². The van der Waals surface area contributed by atoms with E-state index in [1.165, 1.54) is 12.1 Å². The van der Waals surface area contributed by atoms with Gasteiger partial charge in [0.25, 0.3) is 0 Å². The van der Waals surface area contributed by atoms with E-state index in [0.717, 1.165) is 31.9 Å². The number of amides is 2. The Labute approximate surface area is 188 Å². The largest absolute Gasteiger partial charge is 0.471 e. The molecule has 0 aromatic heterocycles. The molecule has 0 aliphatic carbocycles. The molecule has 0 aliphatic rings. The third kappa shape index (κ3) is 12.9. The van der Waals surface area contributed by atoms with Gasteiger partial charge >= 0.3 is 7.82 Å². The fraction of sp³-hybridized carbons (Fsp3) is 0.579. The number of phosphoric ester groups is 1. The number of carbonyl (C=O) groups is 2. The zero-order chi connectivity index (χ0) is 24.0. The molecule has 0 saturated heterocycles. The molecule has 0 fully saturated rings. The lowest BCUT2D eigenvalue weighted by molar-refractivity contribution is -0.126. The fourth-order valence-corrected chi connectivity index (χ4v) is 3.62. The van der Waals surface area contributed by atoms with Gasteiger partial charge in [0.05, 0.1) is 11.5 Å². The molecular formula is C19H32N3O8PS. The van der Waals surface area contributed by atoms with Crippen molar-refractivity contribution >= 4 is 29.7 Å². The second-order valence-electron chi connectivity index (χ2n) is 7.04. The van der Waals surface area contributed by atoms with Gasteiger partial charge in [0.2, 0.25) is 21.8 Å². The van der Waals surface area contributed by atoms with E-state index in [1.807, 2.05) is 0 Å². The minimum Gasteiger partial charge on any atom is -0.356 e. The summed E-state index contributed by atoms with van der Waals surface area (Å²) in [4.78, 5) is 32.7. The van der Waals surface area contributed by atoms with Crippen molar-refractivity contribution in [1.29, 1.82) is 0 Å². The number of rotatable bonds is 16. The number of nitrogens with one attached hydrogen (secondary N) is 2. The number of benzene rings is 1. The first-order valence-electron chi connectivity index (χ1n) is 10.2. The van der Waals surface area contributed by atoms with E-state index in [2.05, 4.69) is 15.2 Å². The van der Waals surface area contributed by atoms with Crippen molar-refractivity contribution in [3.05, 3.63) is 29.8 Å². The lowest BCUT2D eigenvalue weighted by Gasteiger charge is -2.09. The average Bonchev–Trinajstić information content (AvgIpc) is 2.74. The van der Waals surface area contributed by atoms with Crippen LogP contribution < -0.4 is 15.8 Å². The maximum atomic E-state index is 11.8. The van der Waals surface area contributed by atoms with Crippen molar-refractivity contribution in [3.8, 4) is 0 Å². The molecular weight excluding hydrogens is 461 g/mol. The van der Waals surface area contributed by atoms with Crippen LogP contribution in [0.3, 0.4) is 0 Å². The first kappa shape index (κ1) is 28.2.